The molecule has 1 aromatic carbocycles. The predicted molar refractivity (Wildman–Crippen MR) is 58.4 cm³/mol. The largest absolute Gasteiger partial charge is 0.494 e. The standard InChI is InChI=1S/C12H15FO3/c1-4-16-8(2)12(14)9-6-5-7-10(15-3)11(9)13/h5-8H,4H2,1-3H3. The SMILES string of the molecule is CCOC(C)C(=O)c1cccc(OC)c1F. The van der Waals surface area contributed by atoms with E-state index in [2.05, 4.69) is 0 Å². The van der Waals surface area contributed by atoms with Crippen LogP contribution in [0.5, 0.6) is 5.75 Å². The molecule has 1 unspecified atom stereocenters. The van der Waals surface area contributed by atoms with Crippen molar-refractivity contribution in [2.75, 3.05) is 13.7 Å². The second-order valence-electron chi connectivity index (χ2n) is 3.28. The van der Waals surface area contributed by atoms with Gasteiger partial charge in [-0.05, 0) is 26.0 Å². The topological polar surface area (TPSA) is 35.5 Å². The molecular formula is C12H15FO3. The molecule has 88 valence electrons. The third-order valence-corrected chi connectivity index (χ3v) is 2.23. The second-order valence-corrected chi connectivity index (χ2v) is 3.28. The van der Waals surface area contributed by atoms with Gasteiger partial charge in [0.1, 0.15) is 6.10 Å². The molecule has 0 aliphatic heterocycles. The first-order valence-corrected chi connectivity index (χ1v) is 5.10. The highest BCUT2D eigenvalue weighted by Gasteiger charge is 2.20. The number of ketones is 1. The smallest absolute Gasteiger partial charge is 0.194 e. The monoisotopic (exact) mass is 226 g/mol. The van der Waals surface area contributed by atoms with E-state index in [0.29, 0.717) is 6.61 Å². The highest BCUT2D eigenvalue weighted by Crippen LogP contribution is 2.21. The summed E-state index contributed by atoms with van der Waals surface area (Å²) < 4.78 is 23.7. The van der Waals surface area contributed by atoms with Crippen molar-refractivity contribution in [2.24, 2.45) is 0 Å². The lowest BCUT2D eigenvalue weighted by atomic mass is 10.1. The summed E-state index contributed by atoms with van der Waals surface area (Å²) in [7, 11) is 1.36. The zero-order valence-electron chi connectivity index (χ0n) is 9.62. The van der Waals surface area contributed by atoms with Crippen LogP contribution in [0.4, 0.5) is 4.39 Å². The fourth-order valence-electron chi connectivity index (χ4n) is 1.40. The predicted octanol–water partition coefficient (Wildman–Crippen LogP) is 2.44. The van der Waals surface area contributed by atoms with Crippen LogP contribution in [0.2, 0.25) is 0 Å². The van der Waals surface area contributed by atoms with Crippen LogP contribution < -0.4 is 4.74 Å². The number of benzene rings is 1. The van der Waals surface area contributed by atoms with Crippen LogP contribution in [-0.4, -0.2) is 25.6 Å². The quantitative estimate of drug-likeness (QED) is 0.723. The van der Waals surface area contributed by atoms with Gasteiger partial charge in [0.15, 0.2) is 17.3 Å². The van der Waals surface area contributed by atoms with Crippen molar-refractivity contribution < 1.29 is 18.7 Å². The molecule has 0 fully saturated rings. The number of carbonyl (C=O) groups is 1. The van der Waals surface area contributed by atoms with Crippen LogP contribution in [0.1, 0.15) is 24.2 Å². The van der Waals surface area contributed by atoms with Crippen molar-refractivity contribution in [3.05, 3.63) is 29.6 Å². The Hall–Kier alpha value is -1.42. The highest BCUT2D eigenvalue weighted by atomic mass is 19.1. The minimum atomic E-state index is -0.647. The molecule has 0 aromatic heterocycles. The van der Waals surface area contributed by atoms with Crippen LogP contribution >= 0.6 is 0 Å². The van der Waals surface area contributed by atoms with Crippen molar-refractivity contribution in [3.8, 4) is 5.75 Å². The van der Waals surface area contributed by atoms with Crippen LogP contribution in [0, 0.1) is 5.82 Å². The van der Waals surface area contributed by atoms with Gasteiger partial charge in [-0.3, -0.25) is 4.79 Å². The van der Waals surface area contributed by atoms with Crippen LogP contribution in [-0.2, 0) is 4.74 Å². The van der Waals surface area contributed by atoms with Crippen molar-refractivity contribution >= 4 is 5.78 Å². The number of rotatable bonds is 5. The number of carbonyl (C=O) groups excluding carboxylic acids is 1. The number of ether oxygens (including phenoxy) is 2. The molecule has 0 radical (unpaired) electrons. The van der Waals surface area contributed by atoms with Gasteiger partial charge < -0.3 is 9.47 Å². The molecule has 0 amide bonds. The minimum absolute atomic E-state index is 0.000278. The summed E-state index contributed by atoms with van der Waals surface area (Å²) >= 11 is 0. The summed E-state index contributed by atoms with van der Waals surface area (Å²) in [5, 5.41) is 0. The molecule has 4 heteroatoms. The molecule has 0 spiro atoms. The second kappa shape index (κ2) is 5.61. The molecule has 3 nitrogen and oxygen atoms in total. The molecule has 16 heavy (non-hydrogen) atoms. The van der Waals surface area contributed by atoms with Gasteiger partial charge >= 0.3 is 0 Å². The number of halogens is 1. The Morgan fingerprint density at radius 3 is 2.75 bits per heavy atom. The average Bonchev–Trinajstić information content (AvgIpc) is 2.29. The van der Waals surface area contributed by atoms with E-state index in [4.69, 9.17) is 9.47 Å². The summed E-state index contributed by atoms with van der Waals surface area (Å²) in [6.45, 7) is 3.80. The van der Waals surface area contributed by atoms with Crippen LogP contribution in [0.3, 0.4) is 0 Å². The summed E-state index contributed by atoms with van der Waals surface area (Å²) in [6, 6.07) is 4.47. The van der Waals surface area contributed by atoms with Crippen LogP contribution in [0.15, 0.2) is 18.2 Å². The van der Waals surface area contributed by atoms with E-state index < -0.39 is 11.9 Å². The average molecular weight is 226 g/mol. The third-order valence-electron chi connectivity index (χ3n) is 2.23. The third kappa shape index (κ3) is 2.58. The zero-order chi connectivity index (χ0) is 12.1. The maximum atomic E-state index is 13.7. The Morgan fingerprint density at radius 1 is 1.50 bits per heavy atom. The first kappa shape index (κ1) is 12.6. The lowest BCUT2D eigenvalue weighted by molar-refractivity contribution is 0.0516. The molecule has 0 aliphatic rings. The van der Waals surface area contributed by atoms with Gasteiger partial charge in [-0.25, -0.2) is 4.39 Å². The lowest BCUT2D eigenvalue weighted by Crippen LogP contribution is -2.22. The number of Topliss-reactive ketones (excluding diaryl/α,β-unsaturated/α-hetero) is 1. The summed E-state index contributed by atoms with van der Waals surface area (Å²) in [4.78, 5) is 11.8. The van der Waals surface area contributed by atoms with Gasteiger partial charge in [-0.1, -0.05) is 6.07 Å². The van der Waals surface area contributed by atoms with Gasteiger partial charge in [-0.15, -0.1) is 0 Å². The van der Waals surface area contributed by atoms with Gasteiger partial charge in [0.25, 0.3) is 0 Å². The van der Waals surface area contributed by atoms with Gasteiger partial charge in [0, 0.05) is 6.61 Å². The number of methoxy groups -OCH3 is 1. The number of hydrogen-bond donors (Lipinski definition) is 0. The molecule has 0 heterocycles. The Morgan fingerprint density at radius 2 is 2.19 bits per heavy atom. The highest BCUT2D eigenvalue weighted by molar-refractivity contribution is 5.99. The molecule has 1 atom stereocenters. The van der Waals surface area contributed by atoms with Gasteiger partial charge in [0.2, 0.25) is 0 Å². The summed E-state index contributed by atoms with van der Waals surface area (Å²) in [6.07, 6.45) is -0.647. The molecule has 0 N–H and O–H groups in total. The Bertz CT molecular complexity index is 377. The molecule has 0 saturated heterocycles. The summed E-state index contributed by atoms with van der Waals surface area (Å²) in [5.74, 6) is -0.950. The first-order valence-electron chi connectivity index (χ1n) is 5.10. The molecule has 0 aliphatic carbocycles. The van der Waals surface area contributed by atoms with E-state index in [1.165, 1.54) is 19.2 Å². The maximum absolute atomic E-state index is 13.7. The normalized spacial score (nSPS) is 12.2. The van der Waals surface area contributed by atoms with E-state index in [1.807, 2.05) is 0 Å². The first-order chi connectivity index (χ1) is 7.61. The van der Waals surface area contributed by atoms with Gasteiger partial charge in [0.05, 0.1) is 12.7 Å². The fourth-order valence-corrected chi connectivity index (χ4v) is 1.40. The molecule has 1 rings (SSSR count). The van der Waals surface area contributed by atoms with E-state index in [-0.39, 0.29) is 17.1 Å². The molecule has 1 aromatic rings. The minimum Gasteiger partial charge on any atom is -0.494 e. The van der Waals surface area contributed by atoms with Gasteiger partial charge in [-0.2, -0.15) is 0 Å². The van der Waals surface area contributed by atoms with E-state index in [1.54, 1.807) is 19.9 Å². The Kier molecular flexibility index (Phi) is 4.43. The van der Waals surface area contributed by atoms with E-state index >= 15 is 0 Å². The molecule has 0 bridgehead atoms. The Labute approximate surface area is 94.2 Å². The van der Waals surface area contributed by atoms with Crippen molar-refractivity contribution in [2.45, 2.75) is 20.0 Å². The van der Waals surface area contributed by atoms with E-state index in [0.717, 1.165) is 0 Å². The lowest BCUT2D eigenvalue weighted by Gasteiger charge is -2.12. The van der Waals surface area contributed by atoms with E-state index in [9.17, 15) is 9.18 Å². The van der Waals surface area contributed by atoms with Crippen molar-refractivity contribution in [1.82, 2.24) is 0 Å². The van der Waals surface area contributed by atoms with Crippen molar-refractivity contribution in [1.29, 1.82) is 0 Å². The molecular weight excluding hydrogens is 211 g/mol. The van der Waals surface area contributed by atoms with Crippen molar-refractivity contribution in [3.63, 3.8) is 0 Å². The molecule has 0 saturated carbocycles. The fraction of sp³-hybridized carbons (Fsp3) is 0.417. The van der Waals surface area contributed by atoms with Crippen LogP contribution in [0.25, 0.3) is 0 Å². The Balaban J connectivity index is 2.99. The zero-order valence-corrected chi connectivity index (χ0v) is 9.62. The summed E-state index contributed by atoms with van der Waals surface area (Å²) in [5.41, 5.74) is 0.000278. The maximum Gasteiger partial charge on any atom is 0.194 e. The number of hydrogen-bond acceptors (Lipinski definition) is 3.